The molecule has 0 unspecified atom stereocenters. The smallest absolute Gasteiger partial charge is 0.412 e. The van der Waals surface area contributed by atoms with Crippen molar-refractivity contribution in [2.45, 2.75) is 5.60 Å². The fourth-order valence-electron chi connectivity index (χ4n) is 2.73. The third-order valence-corrected chi connectivity index (χ3v) is 4.66. The van der Waals surface area contributed by atoms with Gasteiger partial charge in [-0.2, -0.15) is 0 Å². The summed E-state index contributed by atoms with van der Waals surface area (Å²) in [6.45, 7) is 1.11. The molecule has 0 aliphatic carbocycles. The summed E-state index contributed by atoms with van der Waals surface area (Å²) in [5.74, 6) is -0.354. The molecule has 1 N–H and O–H groups in total. The maximum Gasteiger partial charge on any atom is 0.412 e. The average Bonchev–Trinajstić information content (AvgIpc) is 2.33. The topological polar surface area (TPSA) is 75.7 Å². The first kappa shape index (κ1) is 14.3. The molecule has 2 heterocycles. The van der Waals surface area contributed by atoms with Crippen molar-refractivity contribution in [1.29, 1.82) is 0 Å². The summed E-state index contributed by atoms with van der Waals surface area (Å²) < 4.78 is 41.1. The first-order valence-corrected chi connectivity index (χ1v) is 8.54. The van der Waals surface area contributed by atoms with Crippen LogP contribution in [0.5, 0.6) is 0 Å². The summed E-state index contributed by atoms with van der Waals surface area (Å²) in [5.41, 5.74) is 0.255. The molecule has 1 fully saturated rings. The maximum atomic E-state index is 13.4. The molecule has 1 aromatic carbocycles. The molecule has 1 spiro atoms. The second-order valence-electron chi connectivity index (χ2n) is 5.54. The quantitative estimate of drug-likeness (QED) is 0.899. The van der Waals surface area contributed by atoms with Gasteiger partial charge in [0, 0.05) is 31.5 Å². The van der Waals surface area contributed by atoms with E-state index in [-0.39, 0.29) is 5.75 Å². The van der Waals surface area contributed by atoms with Gasteiger partial charge >= 0.3 is 6.09 Å². The molecule has 1 aromatic rings. The Kier molecular flexibility index (Phi) is 3.18. The number of halogens is 1. The highest BCUT2D eigenvalue weighted by atomic mass is 32.2. The van der Waals surface area contributed by atoms with Crippen molar-refractivity contribution in [3.8, 4) is 0 Å². The number of fused-ring (bicyclic) bond motifs is 2. The van der Waals surface area contributed by atoms with Gasteiger partial charge in [0.25, 0.3) is 0 Å². The van der Waals surface area contributed by atoms with Gasteiger partial charge in [0.15, 0.2) is 5.60 Å². The molecule has 21 heavy (non-hydrogen) atoms. The zero-order valence-electron chi connectivity index (χ0n) is 11.4. The van der Waals surface area contributed by atoms with Crippen LogP contribution < -0.4 is 5.32 Å². The van der Waals surface area contributed by atoms with Gasteiger partial charge in [-0.3, -0.25) is 10.2 Å². The first-order chi connectivity index (χ1) is 9.77. The summed E-state index contributed by atoms with van der Waals surface area (Å²) in [5, 5.41) is 2.54. The summed E-state index contributed by atoms with van der Waals surface area (Å²) in [7, 11) is -3.04. The average molecular weight is 314 g/mol. The molecule has 3 rings (SSSR count). The van der Waals surface area contributed by atoms with E-state index in [1.807, 2.05) is 4.90 Å². The fourth-order valence-corrected chi connectivity index (χ4v) is 3.32. The lowest BCUT2D eigenvalue weighted by molar-refractivity contribution is -0.105. The van der Waals surface area contributed by atoms with Crippen molar-refractivity contribution < 1.29 is 22.3 Å². The zero-order chi connectivity index (χ0) is 15.3. The standard InChI is InChI=1S/C13H15FN2O4S/c1-21(18,19)5-4-16-7-13(8-16)10-6-9(14)2-3-11(10)15-12(17)20-13/h2-3,6H,4-5,7-8H2,1H3,(H,15,17). The second-order valence-corrected chi connectivity index (χ2v) is 7.80. The van der Waals surface area contributed by atoms with Gasteiger partial charge in [0.2, 0.25) is 0 Å². The summed E-state index contributed by atoms with van der Waals surface area (Å²) in [6.07, 6.45) is 0.606. The highest BCUT2D eigenvalue weighted by molar-refractivity contribution is 7.90. The number of carbonyl (C=O) groups is 1. The number of carbonyl (C=O) groups excluding carboxylic acids is 1. The molecule has 6 nitrogen and oxygen atoms in total. The number of nitrogens with one attached hydrogen (secondary N) is 1. The highest BCUT2D eigenvalue weighted by Gasteiger charge is 2.51. The van der Waals surface area contributed by atoms with Crippen LogP contribution in [0.1, 0.15) is 5.56 Å². The Morgan fingerprint density at radius 3 is 2.81 bits per heavy atom. The Morgan fingerprint density at radius 1 is 1.43 bits per heavy atom. The molecule has 0 saturated carbocycles. The molecule has 114 valence electrons. The number of anilines is 1. The van der Waals surface area contributed by atoms with Gasteiger partial charge < -0.3 is 4.74 Å². The third kappa shape index (κ3) is 2.73. The van der Waals surface area contributed by atoms with Crippen molar-refractivity contribution in [3.05, 3.63) is 29.6 Å². The van der Waals surface area contributed by atoms with Crippen LogP contribution >= 0.6 is 0 Å². The van der Waals surface area contributed by atoms with Crippen LogP contribution in [0, 0.1) is 5.82 Å². The van der Waals surface area contributed by atoms with E-state index >= 15 is 0 Å². The molecule has 2 aliphatic rings. The van der Waals surface area contributed by atoms with Crippen molar-refractivity contribution in [1.82, 2.24) is 4.90 Å². The van der Waals surface area contributed by atoms with Gasteiger partial charge in [0.1, 0.15) is 15.7 Å². The monoisotopic (exact) mass is 314 g/mol. The maximum absolute atomic E-state index is 13.4. The Balaban J connectivity index is 1.79. The minimum absolute atomic E-state index is 0.0469. The van der Waals surface area contributed by atoms with E-state index in [1.165, 1.54) is 24.5 Å². The molecule has 1 amide bonds. The van der Waals surface area contributed by atoms with Crippen LogP contribution in [0.2, 0.25) is 0 Å². The van der Waals surface area contributed by atoms with Crippen LogP contribution in [0.25, 0.3) is 0 Å². The van der Waals surface area contributed by atoms with E-state index in [2.05, 4.69) is 5.32 Å². The number of rotatable bonds is 3. The van der Waals surface area contributed by atoms with Gasteiger partial charge in [-0.05, 0) is 18.2 Å². The molecule has 0 bridgehead atoms. The minimum Gasteiger partial charge on any atom is -0.435 e. The Bertz CT molecular complexity index is 698. The van der Waals surface area contributed by atoms with Gasteiger partial charge in [-0.25, -0.2) is 17.6 Å². The molecule has 1 saturated heterocycles. The number of likely N-dealkylation sites (tertiary alicyclic amines) is 1. The summed E-state index contributed by atoms with van der Waals surface area (Å²) >= 11 is 0. The van der Waals surface area contributed by atoms with Gasteiger partial charge in [-0.1, -0.05) is 0 Å². The predicted octanol–water partition coefficient (Wildman–Crippen LogP) is 0.943. The third-order valence-electron chi connectivity index (χ3n) is 3.73. The van der Waals surface area contributed by atoms with Crippen molar-refractivity contribution in [2.75, 3.05) is 37.0 Å². The second kappa shape index (κ2) is 4.67. The Morgan fingerprint density at radius 2 is 2.14 bits per heavy atom. The molecule has 0 atom stereocenters. The molecule has 0 aromatic heterocycles. The number of ether oxygens (including phenoxy) is 1. The first-order valence-electron chi connectivity index (χ1n) is 6.48. The fraction of sp³-hybridized carbons (Fsp3) is 0.462. The lowest BCUT2D eigenvalue weighted by Gasteiger charge is -2.51. The van der Waals surface area contributed by atoms with E-state index in [4.69, 9.17) is 4.74 Å². The van der Waals surface area contributed by atoms with Crippen LogP contribution in [-0.4, -0.2) is 51.1 Å². The van der Waals surface area contributed by atoms with E-state index in [1.54, 1.807) is 0 Å². The van der Waals surface area contributed by atoms with Crippen molar-refractivity contribution in [2.24, 2.45) is 0 Å². The van der Waals surface area contributed by atoms with Crippen LogP contribution in [-0.2, 0) is 20.2 Å². The zero-order valence-corrected chi connectivity index (χ0v) is 12.2. The predicted molar refractivity (Wildman–Crippen MR) is 74.3 cm³/mol. The van der Waals surface area contributed by atoms with Crippen LogP contribution in [0.3, 0.4) is 0 Å². The Hall–Kier alpha value is -1.67. The molecule has 0 radical (unpaired) electrons. The highest BCUT2D eigenvalue weighted by Crippen LogP contribution is 2.42. The normalized spacial score (nSPS) is 20.4. The number of hydrogen-bond acceptors (Lipinski definition) is 5. The molecular formula is C13H15FN2O4S. The van der Waals surface area contributed by atoms with E-state index in [0.717, 1.165) is 0 Å². The minimum atomic E-state index is -3.04. The van der Waals surface area contributed by atoms with Gasteiger partial charge in [0.05, 0.1) is 11.4 Å². The van der Waals surface area contributed by atoms with Gasteiger partial charge in [-0.15, -0.1) is 0 Å². The molecular weight excluding hydrogens is 299 g/mol. The number of hydrogen-bond donors (Lipinski definition) is 1. The summed E-state index contributed by atoms with van der Waals surface area (Å²) in [4.78, 5) is 13.5. The largest absolute Gasteiger partial charge is 0.435 e. The van der Waals surface area contributed by atoms with E-state index in [0.29, 0.717) is 30.9 Å². The number of amides is 1. The Labute approximate surface area is 121 Å². The van der Waals surface area contributed by atoms with Crippen LogP contribution in [0.4, 0.5) is 14.9 Å². The number of nitrogens with zero attached hydrogens (tertiary/aromatic N) is 1. The number of benzene rings is 1. The van der Waals surface area contributed by atoms with Crippen molar-refractivity contribution >= 4 is 21.6 Å². The lowest BCUT2D eigenvalue weighted by atomic mass is 9.83. The van der Waals surface area contributed by atoms with E-state index < -0.39 is 27.3 Å². The molecule has 2 aliphatic heterocycles. The molecule has 8 heteroatoms. The lowest BCUT2D eigenvalue weighted by Crippen LogP contribution is -2.63. The number of sulfone groups is 1. The van der Waals surface area contributed by atoms with E-state index in [9.17, 15) is 17.6 Å². The SMILES string of the molecule is CS(=O)(=O)CCN1CC2(C1)OC(=O)Nc1ccc(F)cc12. The summed E-state index contributed by atoms with van der Waals surface area (Å²) in [6, 6.07) is 4.13. The van der Waals surface area contributed by atoms with Crippen LogP contribution in [0.15, 0.2) is 18.2 Å². The van der Waals surface area contributed by atoms with Crippen molar-refractivity contribution in [3.63, 3.8) is 0 Å².